The second-order valence-corrected chi connectivity index (χ2v) is 8.35. The summed E-state index contributed by atoms with van der Waals surface area (Å²) in [5, 5.41) is 0.646. The predicted octanol–water partition coefficient (Wildman–Crippen LogP) is 3.21. The first kappa shape index (κ1) is 13.9. The Bertz CT molecular complexity index is 588. The first-order valence-corrected chi connectivity index (χ1v) is 8.92. The van der Waals surface area contributed by atoms with E-state index >= 15 is 0 Å². The Morgan fingerprint density at radius 2 is 2.26 bits per heavy atom. The smallest absolute Gasteiger partial charge is 0.140 e. The number of aromatic nitrogens is 2. The zero-order valence-corrected chi connectivity index (χ0v) is 12.3. The van der Waals surface area contributed by atoms with Crippen LogP contribution in [-0.4, -0.2) is 22.9 Å². The number of hydrogen-bond donors (Lipinski definition) is 1. The van der Waals surface area contributed by atoms with Gasteiger partial charge in [-0.2, -0.15) is 0 Å². The Morgan fingerprint density at radius 3 is 2.74 bits per heavy atom. The van der Waals surface area contributed by atoms with Gasteiger partial charge in [0.15, 0.2) is 0 Å². The summed E-state index contributed by atoms with van der Waals surface area (Å²) in [5.74, 6) is 0.866. The summed E-state index contributed by atoms with van der Waals surface area (Å²) in [7, 11) is -2.39. The molecule has 0 radical (unpaired) electrons. The van der Waals surface area contributed by atoms with Crippen LogP contribution in [0.3, 0.4) is 0 Å². The molecule has 1 heterocycles. The Morgan fingerprint density at radius 1 is 1.58 bits per heavy atom. The zero-order chi connectivity index (χ0) is 14.0. The molecule has 102 valence electrons. The molecule has 1 aliphatic carbocycles. The topological polar surface area (TPSA) is 60.9 Å². The lowest BCUT2D eigenvalue weighted by atomic mass is 10.2. The molecule has 0 saturated heterocycles. The Kier molecular flexibility index (Phi) is 3.81. The van der Waals surface area contributed by atoms with Crippen LogP contribution < -0.4 is 5.73 Å². The van der Waals surface area contributed by atoms with E-state index in [1.165, 1.54) is 19.0 Å². The monoisotopic (exact) mass is 277 g/mol. The highest BCUT2D eigenvalue weighted by Gasteiger charge is 2.26. The highest BCUT2D eigenvalue weighted by atomic mass is 31.2. The molecule has 0 atom stereocenters. The summed E-state index contributed by atoms with van der Waals surface area (Å²) >= 11 is 0. The number of nitrogens with zero attached hydrogens (tertiary/aromatic N) is 2. The van der Waals surface area contributed by atoms with E-state index in [1.54, 1.807) is 25.6 Å². The Labute approximate surface area is 114 Å². The first-order chi connectivity index (χ1) is 8.97. The minimum Gasteiger partial charge on any atom is -0.404 e. The van der Waals surface area contributed by atoms with Gasteiger partial charge in [0.1, 0.15) is 13.0 Å². The number of allylic oxidation sites excluding steroid dienone is 4. The molecule has 1 saturated carbocycles. The molecule has 19 heavy (non-hydrogen) atoms. The molecular formula is C14H20N3OP. The zero-order valence-electron chi connectivity index (χ0n) is 11.4. The van der Waals surface area contributed by atoms with Gasteiger partial charge in [-0.15, -0.1) is 0 Å². The van der Waals surface area contributed by atoms with Crippen molar-refractivity contribution in [3.8, 4) is 0 Å². The molecule has 0 aromatic carbocycles. The number of imidazole rings is 1. The van der Waals surface area contributed by atoms with Crippen molar-refractivity contribution in [1.82, 2.24) is 9.55 Å². The fourth-order valence-corrected chi connectivity index (χ4v) is 2.75. The molecule has 1 fully saturated rings. The molecule has 0 aliphatic heterocycles. The molecule has 0 amide bonds. The summed E-state index contributed by atoms with van der Waals surface area (Å²) in [5.41, 5.74) is 6.44. The van der Waals surface area contributed by atoms with Crippen LogP contribution in [0.25, 0.3) is 5.57 Å². The van der Waals surface area contributed by atoms with Crippen LogP contribution in [0.15, 0.2) is 42.6 Å². The van der Waals surface area contributed by atoms with E-state index in [0.717, 1.165) is 11.4 Å². The SMILES string of the molecule is C=C/C(=C\C(=C\N)P(C)(C)=O)c1nccn1C1CC1. The lowest BCUT2D eigenvalue weighted by Crippen LogP contribution is -1.99. The number of rotatable bonds is 5. The van der Waals surface area contributed by atoms with Gasteiger partial charge in [0.05, 0.1) is 0 Å². The summed E-state index contributed by atoms with van der Waals surface area (Å²) in [4.78, 5) is 4.38. The summed E-state index contributed by atoms with van der Waals surface area (Å²) < 4.78 is 14.3. The van der Waals surface area contributed by atoms with Crippen LogP contribution in [-0.2, 0) is 4.57 Å². The van der Waals surface area contributed by atoms with E-state index in [-0.39, 0.29) is 0 Å². The molecule has 1 aliphatic rings. The van der Waals surface area contributed by atoms with E-state index in [9.17, 15) is 4.57 Å². The van der Waals surface area contributed by atoms with Crippen molar-refractivity contribution in [2.24, 2.45) is 5.73 Å². The molecule has 1 aromatic heterocycles. The van der Waals surface area contributed by atoms with E-state index in [4.69, 9.17) is 5.73 Å². The van der Waals surface area contributed by atoms with E-state index in [1.807, 2.05) is 12.3 Å². The maximum Gasteiger partial charge on any atom is 0.140 e. The molecule has 4 nitrogen and oxygen atoms in total. The third-order valence-corrected chi connectivity index (χ3v) is 4.70. The van der Waals surface area contributed by atoms with E-state index in [2.05, 4.69) is 16.1 Å². The number of nitrogens with two attached hydrogens (primary N) is 1. The predicted molar refractivity (Wildman–Crippen MR) is 80.4 cm³/mol. The van der Waals surface area contributed by atoms with Gasteiger partial charge in [0.2, 0.25) is 0 Å². The minimum atomic E-state index is -2.39. The Hall–Kier alpha value is -1.54. The molecule has 1 aromatic rings. The van der Waals surface area contributed by atoms with Gasteiger partial charge in [0, 0.05) is 35.5 Å². The second kappa shape index (κ2) is 5.22. The van der Waals surface area contributed by atoms with Crippen molar-refractivity contribution in [2.75, 3.05) is 13.3 Å². The van der Waals surface area contributed by atoms with Crippen molar-refractivity contribution in [3.63, 3.8) is 0 Å². The summed E-state index contributed by atoms with van der Waals surface area (Å²) in [6, 6.07) is 0.543. The van der Waals surface area contributed by atoms with Crippen LogP contribution >= 0.6 is 7.14 Å². The van der Waals surface area contributed by atoms with Crippen LogP contribution in [0.5, 0.6) is 0 Å². The average Bonchev–Trinajstić information content (AvgIpc) is 3.08. The quantitative estimate of drug-likeness (QED) is 0.664. The highest BCUT2D eigenvalue weighted by Crippen LogP contribution is 2.47. The largest absolute Gasteiger partial charge is 0.404 e. The molecule has 2 rings (SSSR count). The van der Waals surface area contributed by atoms with Crippen LogP contribution in [0, 0.1) is 0 Å². The van der Waals surface area contributed by atoms with Gasteiger partial charge in [-0.3, -0.25) is 0 Å². The van der Waals surface area contributed by atoms with E-state index in [0.29, 0.717) is 11.4 Å². The molecular weight excluding hydrogens is 257 g/mol. The average molecular weight is 277 g/mol. The highest BCUT2D eigenvalue weighted by molar-refractivity contribution is 7.66. The second-order valence-electron chi connectivity index (χ2n) is 5.14. The molecule has 0 bridgehead atoms. The van der Waals surface area contributed by atoms with Crippen molar-refractivity contribution < 1.29 is 4.57 Å². The van der Waals surface area contributed by atoms with Gasteiger partial charge < -0.3 is 14.9 Å². The van der Waals surface area contributed by atoms with E-state index < -0.39 is 7.14 Å². The first-order valence-electron chi connectivity index (χ1n) is 6.32. The third kappa shape index (κ3) is 3.07. The minimum absolute atomic E-state index is 0.543. The standard InChI is InChI=1S/C14H20N3OP/c1-4-11(9-13(10-15)19(2,3)18)14-16-7-8-17(14)12-5-6-12/h4,7-10,12H,1,5-6,15H2,2-3H3/b11-9+,13-10-. The summed E-state index contributed by atoms with van der Waals surface area (Å²) in [6.45, 7) is 7.24. The third-order valence-electron chi connectivity index (χ3n) is 3.18. The lowest BCUT2D eigenvalue weighted by Gasteiger charge is -2.11. The molecule has 2 N–H and O–H groups in total. The maximum absolute atomic E-state index is 12.1. The van der Waals surface area contributed by atoms with Crippen LogP contribution in [0.1, 0.15) is 24.7 Å². The van der Waals surface area contributed by atoms with Crippen molar-refractivity contribution in [3.05, 3.63) is 48.5 Å². The maximum atomic E-state index is 12.1. The van der Waals surface area contributed by atoms with Crippen molar-refractivity contribution in [2.45, 2.75) is 18.9 Å². The van der Waals surface area contributed by atoms with Crippen LogP contribution in [0.2, 0.25) is 0 Å². The van der Waals surface area contributed by atoms with Crippen LogP contribution in [0.4, 0.5) is 0 Å². The van der Waals surface area contributed by atoms with Gasteiger partial charge in [0.25, 0.3) is 0 Å². The van der Waals surface area contributed by atoms with Gasteiger partial charge in [-0.25, -0.2) is 4.98 Å². The normalized spacial score (nSPS) is 17.6. The van der Waals surface area contributed by atoms with Gasteiger partial charge in [-0.1, -0.05) is 12.7 Å². The molecule has 0 spiro atoms. The molecule has 5 heteroatoms. The van der Waals surface area contributed by atoms with Gasteiger partial charge in [-0.05, 0) is 32.2 Å². The fourth-order valence-electron chi connectivity index (χ4n) is 1.94. The Balaban J connectivity index is 2.41. The van der Waals surface area contributed by atoms with Crippen molar-refractivity contribution in [1.29, 1.82) is 0 Å². The summed E-state index contributed by atoms with van der Waals surface area (Å²) in [6.07, 6.45) is 11.1. The number of hydrogen-bond acceptors (Lipinski definition) is 3. The van der Waals surface area contributed by atoms with Crippen molar-refractivity contribution >= 4 is 12.7 Å². The molecule has 0 unspecified atom stereocenters. The van der Waals surface area contributed by atoms with Gasteiger partial charge >= 0.3 is 0 Å². The lowest BCUT2D eigenvalue weighted by molar-refractivity contribution is 0.587. The fraction of sp³-hybridized carbons (Fsp3) is 0.357.